The highest BCUT2D eigenvalue weighted by molar-refractivity contribution is 7.68. The lowest BCUT2D eigenvalue weighted by Crippen LogP contribution is -2.33. The Labute approximate surface area is 179 Å². The van der Waals surface area contributed by atoms with Crippen LogP contribution in [0.1, 0.15) is 51.2 Å². The molecule has 3 aliphatic rings. The quantitative estimate of drug-likeness (QED) is 0.493. The van der Waals surface area contributed by atoms with Gasteiger partial charge in [-0.3, -0.25) is 4.57 Å². The summed E-state index contributed by atoms with van der Waals surface area (Å²) in [6.07, 6.45) is 3.41. The van der Waals surface area contributed by atoms with Crippen LogP contribution in [0, 0.1) is 10.8 Å². The highest BCUT2D eigenvalue weighted by Gasteiger charge is 2.53. The molecule has 1 saturated carbocycles. The number of hydrogen-bond donors (Lipinski definition) is 0. The fraction of sp³-hybridized carbons (Fsp3) is 0.385. The third kappa shape index (κ3) is 3.59. The first-order chi connectivity index (χ1) is 14.3. The number of hydrogen-bond acceptors (Lipinski definition) is 2. The van der Waals surface area contributed by atoms with Crippen LogP contribution in [0.25, 0.3) is 11.5 Å². The van der Waals surface area contributed by atoms with Crippen LogP contribution in [0.4, 0.5) is 0 Å². The number of ether oxygens (including phenoxy) is 1. The average molecular weight is 420 g/mol. The van der Waals surface area contributed by atoms with Crippen molar-refractivity contribution >= 4 is 18.8 Å². The lowest BCUT2D eigenvalue weighted by atomic mass is 9.65. The Kier molecular flexibility index (Phi) is 4.61. The molecule has 3 nitrogen and oxygen atoms in total. The number of rotatable bonds is 3. The first kappa shape index (κ1) is 19.8. The van der Waals surface area contributed by atoms with Crippen molar-refractivity contribution in [2.24, 2.45) is 10.8 Å². The molecule has 0 aromatic heterocycles. The molecule has 2 fully saturated rings. The molecule has 30 heavy (non-hydrogen) atoms. The number of fused-ring (bicyclic) bond motifs is 2. The molecular weight excluding hydrogens is 389 g/mol. The molecule has 1 aliphatic carbocycles. The van der Waals surface area contributed by atoms with E-state index >= 15 is 0 Å². The minimum absolute atomic E-state index is 0.226. The summed E-state index contributed by atoms with van der Waals surface area (Å²) >= 11 is 0. The van der Waals surface area contributed by atoms with Crippen LogP contribution in [-0.2, 0) is 9.30 Å². The molecule has 2 atom stereocenters. The standard InChI is InChI=1S/C26H30NO2P/c1-25(2)14-22-15-26(3,18-25)19-27(22)30(28)16-23(20-10-6-4-7-11-20)29-24(17-30)21-12-8-5-9-13-21/h4-13,16-17,22H,14-15,18-19H2,1-3H3/t22-,26+/m1/s1. The minimum atomic E-state index is -2.89. The van der Waals surface area contributed by atoms with Crippen LogP contribution in [0.5, 0.6) is 0 Å². The molecule has 5 rings (SSSR count). The van der Waals surface area contributed by atoms with Gasteiger partial charge in [-0.15, -0.1) is 0 Å². The van der Waals surface area contributed by atoms with E-state index < -0.39 is 7.29 Å². The van der Waals surface area contributed by atoms with Gasteiger partial charge in [-0.1, -0.05) is 81.4 Å². The first-order valence-corrected chi connectivity index (χ1v) is 12.7. The van der Waals surface area contributed by atoms with Crippen molar-refractivity contribution in [2.45, 2.75) is 46.1 Å². The molecule has 2 bridgehead atoms. The molecule has 0 N–H and O–H groups in total. The fourth-order valence-corrected chi connectivity index (χ4v) is 8.64. The zero-order valence-corrected chi connectivity index (χ0v) is 18.9. The molecule has 2 aromatic rings. The van der Waals surface area contributed by atoms with Gasteiger partial charge >= 0.3 is 0 Å². The van der Waals surface area contributed by atoms with E-state index in [2.05, 4.69) is 25.4 Å². The zero-order valence-electron chi connectivity index (χ0n) is 18.0. The SMILES string of the molecule is CC1(C)C[C@@H]2C[C@](C)(CN2P2(=O)C=C(c3ccccc3)OC(c3ccccc3)=C2)C1. The van der Waals surface area contributed by atoms with Gasteiger partial charge in [0, 0.05) is 35.3 Å². The summed E-state index contributed by atoms with van der Waals surface area (Å²) in [4.78, 5) is 0. The molecule has 2 aromatic carbocycles. The summed E-state index contributed by atoms with van der Waals surface area (Å²) < 4.78 is 23.2. The normalized spacial score (nSPS) is 29.6. The lowest BCUT2D eigenvalue weighted by molar-refractivity contribution is 0.133. The van der Waals surface area contributed by atoms with E-state index in [1.165, 1.54) is 6.42 Å². The Bertz CT molecular complexity index is 997. The summed E-state index contributed by atoms with van der Waals surface area (Å²) in [5, 5.41) is 0. The highest BCUT2D eigenvalue weighted by Crippen LogP contribution is 2.66. The summed E-state index contributed by atoms with van der Waals surface area (Å²) in [7, 11) is -2.89. The second-order valence-electron chi connectivity index (χ2n) is 10.3. The lowest BCUT2D eigenvalue weighted by Gasteiger charge is -2.40. The van der Waals surface area contributed by atoms with Gasteiger partial charge in [0.2, 0.25) is 7.29 Å². The molecule has 0 amide bonds. The van der Waals surface area contributed by atoms with Gasteiger partial charge in [0.25, 0.3) is 0 Å². The molecule has 0 unspecified atom stereocenters. The van der Waals surface area contributed by atoms with Crippen molar-refractivity contribution in [3.8, 4) is 0 Å². The predicted molar refractivity (Wildman–Crippen MR) is 124 cm³/mol. The van der Waals surface area contributed by atoms with Crippen LogP contribution in [0.2, 0.25) is 0 Å². The number of benzene rings is 2. The topological polar surface area (TPSA) is 29.5 Å². The first-order valence-electron chi connectivity index (χ1n) is 10.9. The number of nitrogens with zero attached hydrogens (tertiary/aromatic N) is 1. The van der Waals surface area contributed by atoms with E-state index in [4.69, 9.17) is 4.74 Å². The maximum absolute atomic E-state index is 14.6. The zero-order chi connectivity index (χ0) is 21.0. The smallest absolute Gasteiger partial charge is 0.200 e. The van der Waals surface area contributed by atoms with Gasteiger partial charge in [-0.2, -0.15) is 0 Å². The van der Waals surface area contributed by atoms with Gasteiger partial charge in [-0.25, -0.2) is 4.67 Å². The Morgan fingerprint density at radius 1 is 0.867 bits per heavy atom. The maximum atomic E-state index is 14.6. The van der Waals surface area contributed by atoms with Crippen LogP contribution in [-0.4, -0.2) is 17.3 Å². The molecular formula is C26H30NO2P. The second-order valence-corrected chi connectivity index (χ2v) is 12.7. The minimum Gasteiger partial charge on any atom is -0.456 e. The predicted octanol–water partition coefficient (Wildman–Crippen LogP) is 7.19. The Morgan fingerprint density at radius 2 is 1.40 bits per heavy atom. The molecule has 0 spiro atoms. The second kappa shape index (κ2) is 6.97. The molecule has 2 heterocycles. The van der Waals surface area contributed by atoms with Gasteiger partial charge in [0.1, 0.15) is 11.5 Å². The van der Waals surface area contributed by atoms with E-state index in [1.807, 2.05) is 72.3 Å². The summed E-state index contributed by atoms with van der Waals surface area (Å²) in [5.41, 5.74) is 2.44. The summed E-state index contributed by atoms with van der Waals surface area (Å²) in [6, 6.07) is 20.4. The highest BCUT2D eigenvalue weighted by atomic mass is 31.2. The molecule has 2 aliphatic heterocycles. The third-order valence-electron chi connectivity index (χ3n) is 6.73. The van der Waals surface area contributed by atoms with E-state index in [1.54, 1.807) is 0 Å². The molecule has 4 heteroatoms. The van der Waals surface area contributed by atoms with Gasteiger partial charge in [0.15, 0.2) is 0 Å². The Balaban J connectivity index is 1.60. The fourth-order valence-electron chi connectivity index (χ4n) is 5.96. The molecule has 156 valence electrons. The van der Waals surface area contributed by atoms with Crippen LogP contribution >= 0.6 is 7.29 Å². The summed E-state index contributed by atoms with van der Waals surface area (Å²) in [6.45, 7) is 7.97. The van der Waals surface area contributed by atoms with Crippen molar-refractivity contribution < 1.29 is 9.30 Å². The van der Waals surface area contributed by atoms with Gasteiger partial charge < -0.3 is 4.74 Å². The molecule has 1 saturated heterocycles. The van der Waals surface area contributed by atoms with Crippen LogP contribution < -0.4 is 0 Å². The van der Waals surface area contributed by atoms with E-state index in [0.29, 0.717) is 17.6 Å². The molecule has 0 radical (unpaired) electrons. The average Bonchev–Trinajstić information content (AvgIpc) is 2.98. The van der Waals surface area contributed by atoms with E-state index in [0.717, 1.165) is 30.5 Å². The third-order valence-corrected chi connectivity index (χ3v) is 9.21. The van der Waals surface area contributed by atoms with Crippen molar-refractivity contribution in [1.82, 2.24) is 4.67 Å². The van der Waals surface area contributed by atoms with Crippen LogP contribution in [0.15, 0.2) is 72.3 Å². The van der Waals surface area contributed by atoms with E-state index in [9.17, 15) is 4.57 Å². The van der Waals surface area contributed by atoms with Gasteiger partial charge in [0.05, 0.1) is 0 Å². The largest absolute Gasteiger partial charge is 0.456 e. The van der Waals surface area contributed by atoms with Crippen molar-refractivity contribution in [3.63, 3.8) is 0 Å². The Morgan fingerprint density at radius 3 is 1.93 bits per heavy atom. The Hall–Kier alpha value is -2.09. The van der Waals surface area contributed by atoms with Crippen molar-refractivity contribution in [2.75, 3.05) is 6.54 Å². The van der Waals surface area contributed by atoms with Crippen LogP contribution in [0.3, 0.4) is 0 Å². The monoisotopic (exact) mass is 419 g/mol. The summed E-state index contributed by atoms with van der Waals surface area (Å²) in [5.74, 6) is 5.22. The van der Waals surface area contributed by atoms with Crippen molar-refractivity contribution in [3.05, 3.63) is 83.4 Å². The van der Waals surface area contributed by atoms with Crippen molar-refractivity contribution in [1.29, 1.82) is 0 Å². The van der Waals surface area contributed by atoms with Gasteiger partial charge in [-0.05, 0) is 30.1 Å². The van der Waals surface area contributed by atoms with E-state index in [-0.39, 0.29) is 10.8 Å². The maximum Gasteiger partial charge on any atom is 0.200 e.